The molecule has 5 nitrogen and oxygen atoms in total. The van der Waals surface area contributed by atoms with E-state index in [4.69, 9.17) is 4.74 Å². The molecule has 3 aromatic rings. The third kappa shape index (κ3) is 4.03. The lowest BCUT2D eigenvalue weighted by molar-refractivity contribution is -0.120. The van der Waals surface area contributed by atoms with E-state index in [1.54, 1.807) is 12.1 Å². The Labute approximate surface area is 159 Å². The van der Waals surface area contributed by atoms with Gasteiger partial charge in [-0.1, -0.05) is 46.3 Å². The number of carbonyl (C=O) groups excluding carboxylic acids is 1. The van der Waals surface area contributed by atoms with Crippen LogP contribution in [0, 0.1) is 0 Å². The molecule has 0 radical (unpaired) electrons. The van der Waals surface area contributed by atoms with E-state index in [0.29, 0.717) is 11.3 Å². The van der Waals surface area contributed by atoms with Crippen LogP contribution in [0.4, 0.5) is 0 Å². The van der Waals surface area contributed by atoms with Crippen molar-refractivity contribution in [3.63, 3.8) is 0 Å². The van der Waals surface area contributed by atoms with Crippen LogP contribution in [0.2, 0.25) is 0 Å². The average Bonchev–Trinajstić information content (AvgIpc) is 2.66. The van der Waals surface area contributed by atoms with E-state index in [1.807, 2.05) is 36.4 Å². The number of hydrazone groups is 1. The molecule has 0 atom stereocenters. The SMILES string of the molecule is COc1ccc(O)c(C=NNC(=O)Cc2ccc(Br)c3ccccc23)c1. The third-order valence-corrected chi connectivity index (χ3v) is 4.63. The van der Waals surface area contributed by atoms with Gasteiger partial charge in [-0.2, -0.15) is 5.10 Å². The zero-order chi connectivity index (χ0) is 18.5. The second-order valence-corrected chi connectivity index (χ2v) is 6.50. The number of fused-ring (bicyclic) bond motifs is 1. The molecule has 3 rings (SSSR count). The first-order chi connectivity index (χ1) is 12.6. The number of rotatable bonds is 5. The van der Waals surface area contributed by atoms with Crippen molar-refractivity contribution in [1.29, 1.82) is 0 Å². The Morgan fingerprint density at radius 3 is 2.73 bits per heavy atom. The summed E-state index contributed by atoms with van der Waals surface area (Å²) in [6.45, 7) is 0. The monoisotopic (exact) mass is 412 g/mol. The number of benzene rings is 3. The molecule has 0 spiro atoms. The summed E-state index contributed by atoms with van der Waals surface area (Å²) < 4.78 is 6.09. The number of nitrogens with one attached hydrogen (secondary N) is 1. The predicted molar refractivity (Wildman–Crippen MR) is 106 cm³/mol. The van der Waals surface area contributed by atoms with Gasteiger partial charge in [0.25, 0.3) is 0 Å². The molecule has 0 unspecified atom stereocenters. The van der Waals surface area contributed by atoms with Crippen LogP contribution in [0.15, 0.2) is 64.2 Å². The van der Waals surface area contributed by atoms with Crippen LogP contribution in [-0.4, -0.2) is 24.3 Å². The van der Waals surface area contributed by atoms with E-state index in [0.717, 1.165) is 20.8 Å². The number of phenols is 1. The Bertz CT molecular complexity index is 986. The summed E-state index contributed by atoms with van der Waals surface area (Å²) in [5.41, 5.74) is 3.87. The van der Waals surface area contributed by atoms with Gasteiger partial charge in [0.05, 0.1) is 19.7 Å². The lowest BCUT2D eigenvalue weighted by Crippen LogP contribution is -2.19. The number of hydrogen-bond acceptors (Lipinski definition) is 4. The van der Waals surface area contributed by atoms with E-state index in [9.17, 15) is 9.90 Å². The number of methoxy groups -OCH3 is 1. The summed E-state index contributed by atoms with van der Waals surface area (Å²) in [7, 11) is 1.54. The quantitative estimate of drug-likeness (QED) is 0.491. The van der Waals surface area contributed by atoms with Gasteiger partial charge in [0.15, 0.2) is 0 Å². The highest BCUT2D eigenvalue weighted by molar-refractivity contribution is 9.10. The number of nitrogens with zero attached hydrogens (tertiary/aromatic N) is 1. The maximum Gasteiger partial charge on any atom is 0.244 e. The maximum absolute atomic E-state index is 12.2. The lowest BCUT2D eigenvalue weighted by atomic mass is 10.0. The van der Waals surface area contributed by atoms with Crippen molar-refractivity contribution in [3.05, 3.63) is 70.2 Å². The highest BCUT2D eigenvalue weighted by Crippen LogP contribution is 2.27. The van der Waals surface area contributed by atoms with Crippen molar-refractivity contribution in [2.24, 2.45) is 5.10 Å². The fourth-order valence-electron chi connectivity index (χ4n) is 2.63. The minimum atomic E-state index is -0.240. The minimum absolute atomic E-state index is 0.0581. The lowest BCUT2D eigenvalue weighted by Gasteiger charge is -2.07. The van der Waals surface area contributed by atoms with Crippen molar-refractivity contribution < 1.29 is 14.6 Å². The van der Waals surface area contributed by atoms with E-state index < -0.39 is 0 Å². The molecular weight excluding hydrogens is 396 g/mol. The first-order valence-corrected chi connectivity index (χ1v) is 8.73. The molecule has 0 bridgehead atoms. The largest absolute Gasteiger partial charge is 0.507 e. The molecule has 0 fully saturated rings. The highest BCUT2D eigenvalue weighted by Gasteiger charge is 2.08. The van der Waals surface area contributed by atoms with Gasteiger partial charge in [0, 0.05) is 10.0 Å². The highest BCUT2D eigenvalue weighted by atomic mass is 79.9. The zero-order valence-corrected chi connectivity index (χ0v) is 15.7. The number of phenolic OH excluding ortho intramolecular Hbond substituents is 1. The van der Waals surface area contributed by atoms with Gasteiger partial charge >= 0.3 is 0 Å². The van der Waals surface area contributed by atoms with Gasteiger partial charge in [-0.05, 0) is 40.6 Å². The van der Waals surface area contributed by atoms with Crippen molar-refractivity contribution in [1.82, 2.24) is 5.43 Å². The molecule has 0 aliphatic rings. The van der Waals surface area contributed by atoms with Gasteiger partial charge < -0.3 is 9.84 Å². The molecule has 26 heavy (non-hydrogen) atoms. The van der Waals surface area contributed by atoms with Crippen LogP contribution in [0.3, 0.4) is 0 Å². The van der Waals surface area contributed by atoms with E-state index in [2.05, 4.69) is 26.5 Å². The van der Waals surface area contributed by atoms with Gasteiger partial charge in [-0.25, -0.2) is 5.43 Å². The summed E-state index contributed by atoms with van der Waals surface area (Å²) in [4.78, 5) is 12.2. The Morgan fingerprint density at radius 2 is 1.96 bits per heavy atom. The number of ether oxygens (including phenoxy) is 1. The molecular formula is C20H17BrN2O3. The summed E-state index contributed by atoms with van der Waals surface area (Å²) in [6, 6.07) is 16.5. The standard InChI is InChI=1S/C20H17BrN2O3/c1-26-15-7-9-19(24)14(10-15)12-22-23-20(25)11-13-6-8-18(21)17-5-3-2-4-16(13)17/h2-10,12,24H,11H2,1H3,(H,23,25). The van der Waals surface area contributed by atoms with E-state index >= 15 is 0 Å². The van der Waals surface area contributed by atoms with Gasteiger partial charge in [-0.15, -0.1) is 0 Å². The van der Waals surface area contributed by atoms with Crippen molar-refractivity contribution in [2.75, 3.05) is 7.11 Å². The molecule has 3 aromatic carbocycles. The number of aromatic hydroxyl groups is 1. The molecule has 1 amide bonds. The Morgan fingerprint density at radius 1 is 1.19 bits per heavy atom. The van der Waals surface area contributed by atoms with Crippen molar-refractivity contribution >= 4 is 38.8 Å². The molecule has 0 aromatic heterocycles. The molecule has 6 heteroatoms. The molecule has 2 N–H and O–H groups in total. The summed E-state index contributed by atoms with van der Waals surface area (Å²) >= 11 is 3.53. The van der Waals surface area contributed by atoms with Crippen molar-refractivity contribution in [3.8, 4) is 11.5 Å². The average molecular weight is 413 g/mol. The predicted octanol–water partition coefficient (Wildman–Crippen LogP) is 4.01. The number of hydrogen-bond donors (Lipinski definition) is 2. The van der Waals surface area contributed by atoms with Gasteiger partial charge in [0.2, 0.25) is 5.91 Å². The van der Waals surface area contributed by atoms with Gasteiger partial charge in [-0.3, -0.25) is 4.79 Å². The maximum atomic E-state index is 12.2. The molecule has 0 aliphatic heterocycles. The summed E-state index contributed by atoms with van der Waals surface area (Å²) in [6.07, 6.45) is 1.59. The van der Waals surface area contributed by atoms with Gasteiger partial charge in [0.1, 0.15) is 11.5 Å². The van der Waals surface area contributed by atoms with E-state index in [-0.39, 0.29) is 18.1 Å². The molecule has 0 saturated heterocycles. The minimum Gasteiger partial charge on any atom is -0.507 e. The molecule has 0 saturated carbocycles. The van der Waals surface area contributed by atoms with Crippen LogP contribution in [0.1, 0.15) is 11.1 Å². The Hall–Kier alpha value is -2.86. The molecule has 0 heterocycles. The zero-order valence-electron chi connectivity index (χ0n) is 14.1. The molecule has 0 aliphatic carbocycles. The fraction of sp³-hybridized carbons (Fsp3) is 0.100. The number of carbonyl (C=O) groups is 1. The molecule has 132 valence electrons. The van der Waals surface area contributed by atoms with Crippen LogP contribution >= 0.6 is 15.9 Å². The second-order valence-electron chi connectivity index (χ2n) is 5.65. The van der Waals surface area contributed by atoms with Crippen LogP contribution in [0.5, 0.6) is 11.5 Å². The second kappa shape index (κ2) is 8.01. The van der Waals surface area contributed by atoms with E-state index in [1.165, 1.54) is 19.4 Å². The summed E-state index contributed by atoms with van der Waals surface area (Å²) in [5, 5.41) is 15.8. The summed E-state index contributed by atoms with van der Waals surface area (Å²) in [5.74, 6) is 0.413. The first-order valence-electron chi connectivity index (χ1n) is 7.93. The first kappa shape index (κ1) is 17.9. The normalized spacial score (nSPS) is 11.0. The topological polar surface area (TPSA) is 70.9 Å². The van der Waals surface area contributed by atoms with Crippen LogP contribution in [0.25, 0.3) is 10.8 Å². The smallest absolute Gasteiger partial charge is 0.244 e. The Kier molecular flexibility index (Phi) is 5.53. The van der Waals surface area contributed by atoms with Crippen LogP contribution in [-0.2, 0) is 11.2 Å². The van der Waals surface area contributed by atoms with Crippen LogP contribution < -0.4 is 10.2 Å². The number of halogens is 1. The Balaban J connectivity index is 1.71. The number of amides is 1. The fourth-order valence-corrected chi connectivity index (χ4v) is 3.11. The third-order valence-electron chi connectivity index (χ3n) is 3.94. The van der Waals surface area contributed by atoms with Crippen molar-refractivity contribution in [2.45, 2.75) is 6.42 Å².